The summed E-state index contributed by atoms with van der Waals surface area (Å²) in [5.41, 5.74) is 1.26. The van der Waals surface area contributed by atoms with Gasteiger partial charge in [0.25, 0.3) is 0 Å². The summed E-state index contributed by atoms with van der Waals surface area (Å²) in [5.74, 6) is 1.69. The number of hydrogen-bond donors (Lipinski definition) is 0. The zero-order valence-corrected chi connectivity index (χ0v) is 13.0. The normalized spacial score (nSPS) is 27.7. The third-order valence-corrected chi connectivity index (χ3v) is 7.08. The fraction of sp³-hybridized carbons (Fsp3) is 0.571. The van der Waals surface area contributed by atoms with E-state index in [-0.39, 0.29) is 10.9 Å². The van der Waals surface area contributed by atoms with Gasteiger partial charge in [-0.25, -0.2) is 0 Å². The Morgan fingerprint density at radius 2 is 2.11 bits per heavy atom. The second-order valence-electron chi connectivity index (χ2n) is 5.19. The zero-order chi connectivity index (χ0) is 13.5. The molecule has 0 unspecified atom stereocenters. The lowest BCUT2D eigenvalue weighted by atomic mass is 9.97. The Bertz CT molecular complexity index is 476. The highest BCUT2D eigenvalue weighted by atomic mass is 33.1. The first kappa shape index (κ1) is 13.5. The topological polar surface area (TPSA) is 27.7 Å². The van der Waals surface area contributed by atoms with Crippen LogP contribution in [-0.2, 0) is 4.74 Å². The largest absolute Gasteiger partial charge is 0.454 e. The molecule has 3 nitrogen and oxygen atoms in total. The lowest BCUT2D eigenvalue weighted by Gasteiger charge is -2.28. The third-order valence-electron chi connectivity index (χ3n) is 3.40. The number of rotatable bonds is 3. The van der Waals surface area contributed by atoms with Gasteiger partial charge in [0.1, 0.15) is 0 Å². The maximum atomic E-state index is 5.99. The number of ether oxygens (including phenoxy) is 3. The Hall–Kier alpha value is -0.520. The summed E-state index contributed by atoms with van der Waals surface area (Å²) < 4.78 is 17.0. The van der Waals surface area contributed by atoms with Gasteiger partial charge in [-0.1, -0.05) is 27.7 Å². The van der Waals surface area contributed by atoms with E-state index in [1.807, 2.05) is 27.7 Å². The molecule has 0 spiro atoms. The van der Waals surface area contributed by atoms with Gasteiger partial charge in [-0.05, 0) is 38.5 Å². The highest BCUT2D eigenvalue weighted by Crippen LogP contribution is 2.59. The molecule has 5 heteroatoms. The zero-order valence-electron chi connectivity index (χ0n) is 11.3. The van der Waals surface area contributed by atoms with E-state index in [9.17, 15) is 0 Å². The van der Waals surface area contributed by atoms with Crippen molar-refractivity contribution in [2.24, 2.45) is 0 Å². The van der Waals surface area contributed by atoms with Crippen molar-refractivity contribution in [3.05, 3.63) is 23.8 Å². The van der Waals surface area contributed by atoms with Gasteiger partial charge in [0.05, 0.1) is 11.4 Å². The molecule has 2 heterocycles. The molecule has 2 aliphatic rings. The van der Waals surface area contributed by atoms with E-state index in [1.165, 1.54) is 5.56 Å². The summed E-state index contributed by atoms with van der Waals surface area (Å²) in [5, 5.41) is 0.342. The summed E-state index contributed by atoms with van der Waals surface area (Å²) >= 11 is 0. The van der Waals surface area contributed by atoms with Crippen molar-refractivity contribution in [3.63, 3.8) is 0 Å². The third kappa shape index (κ3) is 2.43. The van der Waals surface area contributed by atoms with Crippen LogP contribution in [0.3, 0.4) is 0 Å². The summed E-state index contributed by atoms with van der Waals surface area (Å²) in [6.07, 6.45) is 0.216. The SMILES string of the molecule is CCO[C@H]1[C@@H](c2ccc3c(c2)OCO3)SSC1(C)C. The van der Waals surface area contributed by atoms with Crippen molar-refractivity contribution in [3.8, 4) is 11.5 Å². The van der Waals surface area contributed by atoms with Gasteiger partial charge in [-0.3, -0.25) is 0 Å². The minimum Gasteiger partial charge on any atom is -0.454 e. The van der Waals surface area contributed by atoms with Crippen molar-refractivity contribution < 1.29 is 14.2 Å². The molecule has 0 N–H and O–H groups in total. The molecule has 2 atom stereocenters. The van der Waals surface area contributed by atoms with Crippen LogP contribution < -0.4 is 9.47 Å². The molecule has 0 radical (unpaired) electrons. The first-order valence-electron chi connectivity index (χ1n) is 6.47. The summed E-state index contributed by atoms with van der Waals surface area (Å²) in [4.78, 5) is 0. The second kappa shape index (κ2) is 5.11. The summed E-state index contributed by atoms with van der Waals surface area (Å²) in [6, 6.07) is 6.21. The minimum atomic E-state index is 0.127. The molecule has 1 aromatic rings. The van der Waals surface area contributed by atoms with Crippen LogP contribution in [0.2, 0.25) is 0 Å². The highest BCUT2D eigenvalue weighted by Gasteiger charge is 2.45. The number of fused-ring (bicyclic) bond motifs is 1. The Balaban J connectivity index is 1.89. The molecular weight excluding hydrogens is 280 g/mol. The van der Waals surface area contributed by atoms with Crippen LogP contribution in [-0.4, -0.2) is 24.3 Å². The second-order valence-corrected chi connectivity index (χ2v) is 8.19. The van der Waals surface area contributed by atoms with Crippen LogP contribution >= 0.6 is 21.6 Å². The maximum Gasteiger partial charge on any atom is 0.231 e. The van der Waals surface area contributed by atoms with Gasteiger partial charge in [0.2, 0.25) is 6.79 Å². The Labute approximate surface area is 121 Å². The average molecular weight is 298 g/mol. The van der Waals surface area contributed by atoms with Crippen LogP contribution in [0.15, 0.2) is 18.2 Å². The molecule has 0 aliphatic carbocycles. The minimum absolute atomic E-state index is 0.127. The molecule has 2 aliphatic heterocycles. The van der Waals surface area contributed by atoms with E-state index in [4.69, 9.17) is 14.2 Å². The van der Waals surface area contributed by atoms with Gasteiger partial charge in [-0.15, -0.1) is 0 Å². The van der Waals surface area contributed by atoms with Gasteiger partial charge in [0, 0.05) is 11.4 Å². The van der Waals surface area contributed by atoms with Crippen LogP contribution in [0, 0.1) is 0 Å². The molecule has 19 heavy (non-hydrogen) atoms. The van der Waals surface area contributed by atoms with Gasteiger partial charge in [-0.2, -0.15) is 0 Å². The molecule has 1 aromatic carbocycles. The average Bonchev–Trinajstić information content (AvgIpc) is 2.95. The fourth-order valence-corrected chi connectivity index (χ4v) is 5.92. The van der Waals surface area contributed by atoms with Crippen molar-refractivity contribution in [2.45, 2.75) is 36.9 Å². The van der Waals surface area contributed by atoms with E-state index in [0.29, 0.717) is 12.0 Å². The van der Waals surface area contributed by atoms with E-state index in [2.05, 4.69) is 32.9 Å². The molecular formula is C14H18O3S2. The number of benzene rings is 1. The van der Waals surface area contributed by atoms with Crippen molar-refractivity contribution >= 4 is 21.6 Å². The number of hydrogen-bond acceptors (Lipinski definition) is 5. The van der Waals surface area contributed by atoms with Gasteiger partial charge >= 0.3 is 0 Å². The quantitative estimate of drug-likeness (QED) is 0.785. The molecule has 3 rings (SSSR count). The molecule has 104 valence electrons. The van der Waals surface area contributed by atoms with Gasteiger partial charge in [0.15, 0.2) is 11.5 Å². The first-order valence-corrected chi connectivity index (χ1v) is 8.69. The van der Waals surface area contributed by atoms with Crippen LogP contribution in [0.1, 0.15) is 31.6 Å². The lowest BCUT2D eigenvalue weighted by molar-refractivity contribution is 0.0430. The van der Waals surface area contributed by atoms with Crippen LogP contribution in [0.25, 0.3) is 0 Å². The summed E-state index contributed by atoms with van der Waals surface area (Å²) in [6.45, 7) is 7.62. The van der Waals surface area contributed by atoms with Crippen molar-refractivity contribution in [2.75, 3.05) is 13.4 Å². The standard InChI is InChI=1S/C14H18O3S2/c1-4-15-13-12(18-19-14(13,2)3)9-5-6-10-11(7-9)17-8-16-10/h5-7,12-13H,4,8H2,1-3H3/t12-,13+/m1/s1. The molecule has 0 bridgehead atoms. The van der Waals surface area contributed by atoms with Crippen molar-refractivity contribution in [1.29, 1.82) is 0 Å². The molecule has 0 aromatic heterocycles. The van der Waals surface area contributed by atoms with E-state index < -0.39 is 0 Å². The van der Waals surface area contributed by atoms with E-state index in [1.54, 1.807) is 0 Å². The molecule has 1 saturated heterocycles. The molecule has 0 amide bonds. The maximum absolute atomic E-state index is 5.99. The van der Waals surface area contributed by atoms with E-state index >= 15 is 0 Å². The predicted octanol–water partition coefficient (Wildman–Crippen LogP) is 4.04. The monoisotopic (exact) mass is 298 g/mol. The van der Waals surface area contributed by atoms with Gasteiger partial charge < -0.3 is 14.2 Å². The summed E-state index contributed by atoms with van der Waals surface area (Å²) in [7, 11) is 3.79. The lowest BCUT2D eigenvalue weighted by Crippen LogP contribution is -2.34. The highest BCUT2D eigenvalue weighted by molar-refractivity contribution is 8.77. The van der Waals surface area contributed by atoms with Crippen LogP contribution in [0.5, 0.6) is 11.5 Å². The van der Waals surface area contributed by atoms with E-state index in [0.717, 1.165) is 18.1 Å². The molecule has 1 fully saturated rings. The first-order chi connectivity index (χ1) is 9.12. The van der Waals surface area contributed by atoms with Crippen LogP contribution in [0.4, 0.5) is 0 Å². The predicted molar refractivity (Wildman–Crippen MR) is 80.0 cm³/mol. The Kier molecular flexibility index (Phi) is 3.62. The molecule has 0 saturated carbocycles. The Morgan fingerprint density at radius 3 is 2.89 bits per heavy atom. The Morgan fingerprint density at radius 1 is 1.32 bits per heavy atom. The smallest absolute Gasteiger partial charge is 0.231 e. The fourth-order valence-electron chi connectivity index (χ4n) is 2.43. The van der Waals surface area contributed by atoms with Crippen molar-refractivity contribution in [1.82, 2.24) is 0 Å².